The predicted molar refractivity (Wildman–Crippen MR) is 89.3 cm³/mol. The zero-order valence-corrected chi connectivity index (χ0v) is 14.8. The summed E-state index contributed by atoms with van der Waals surface area (Å²) in [4.78, 5) is 39.0. The highest BCUT2D eigenvalue weighted by molar-refractivity contribution is 5.94. The number of likely N-dealkylation sites (N-methyl/N-ethyl adjacent to an activating group) is 1. The zero-order chi connectivity index (χ0) is 19.3. The van der Waals surface area contributed by atoms with E-state index in [4.69, 9.17) is 4.74 Å². The maximum atomic E-state index is 13.8. The second-order valence-corrected chi connectivity index (χ2v) is 6.19. The van der Waals surface area contributed by atoms with Crippen molar-refractivity contribution in [1.29, 1.82) is 0 Å². The van der Waals surface area contributed by atoms with E-state index in [1.807, 2.05) is 0 Å². The number of carbonyl (C=O) groups is 3. The van der Waals surface area contributed by atoms with Crippen LogP contribution in [0.4, 0.5) is 8.78 Å². The number of likely N-dealkylation sites (tertiary alicyclic amines) is 1. The molecule has 0 atom stereocenters. The normalized spacial score (nSPS) is 14.8. The number of nitrogens with zero attached hydrogens (tertiary/aromatic N) is 2. The first-order valence-electron chi connectivity index (χ1n) is 8.48. The van der Waals surface area contributed by atoms with E-state index >= 15 is 0 Å². The summed E-state index contributed by atoms with van der Waals surface area (Å²) in [5.74, 6) is -3.12. The standard InChI is InChI=1S/C18H22F2N2O4/c1-3-26-16(23)11-21(2)17(24)12-6-8-22(9-7-12)18(25)14-5-4-13(19)10-15(14)20/h4-5,10,12H,3,6-9,11H2,1-2H3. The Morgan fingerprint density at radius 2 is 1.88 bits per heavy atom. The monoisotopic (exact) mass is 368 g/mol. The van der Waals surface area contributed by atoms with Crippen LogP contribution in [0.15, 0.2) is 18.2 Å². The first-order chi connectivity index (χ1) is 12.3. The van der Waals surface area contributed by atoms with Crippen LogP contribution in [0.1, 0.15) is 30.1 Å². The number of ether oxygens (including phenoxy) is 1. The van der Waals surface area contributed by atoms with E-state index in [0.29, 0.717) is 32.0 Å². The lowest BCUT2D eigenvalue weighted by Gasteiger charge is -2.33. The van der Waals surface area contributed by atoms with Crippen molar-refractivity contribution in [3.8, 4) is 0 Å². The van der Waals surface area contributed by atoms with E-state index < -0.39 is 23.5 Å². The van der Waals surface area contributed by atoms with Crippen LogP contribution in [0.3, 0.4) is 0 Å². The highest BCUT2D eigenvalue weighted by atomic mass is 19.1. The van der Waals surface area contributed by atoms with Gasteiger partial charge in [-0.05, 0) is 31.9 Å². The van der Waals surface area contributed by atoms with Crippen molar-refractivity contribution < 1.29 is 27.9 Å². The number of esters is 1. The van der Waals surface area contributed by atoms with Crippen LogP contribution in [-0.4, -0.2) is 60.9 Å². The van der Waals surface area contributed by atoms with E-state index in [-0.39, 0.29) is 30.5 Å². The third kappa shape index (κ3) is 4.77. The Labute approximate surface area is 150 Å². The van der Waals surface area contributed by atoms with Crippen LogP contribution in [0.2, 0.25) is 0 Å². The molecule has 1 aromatic rings. The van der Waals surface area contributed by atoms with Gasteiger partial charge in [0.15, 0.2) is 0 Å². The molecule has 1 aromatic carbocycles. The summed E-state index contributed by atoms with van der Waals surface area (Å²) in [5.41, 5.74) is -0.185. The van der Waals surface area contributed by atoms with Gasteiger partial charge in [-0.2, -0.15) is 0 Å². The quantitative estimate of drug-likeness (QED) is 0.744. The average molecular weight is 368 g/mol. The molecule has 1 saturated heterocycles. The van der Waals surface area contributed by atoms with Crippen molar-refractivity contribution in [2.45, 2.75) is 19.8 Å². The molecule has 1 aliphatic heterocycles. The minimum atomic E-state index is -0.901. The average Bonchev–Trinajstić information content (AvgIpc) is 2.61. The molecule has 6 nitrogen and oxygen atoms in total. The topological polar surface area (TPSA) is 66.9 Å². The van der Waals surface area contributed by atoms with Gasteiger partial charge in [0.25, 0.3) is 5.91 Å². The molecule has 0 aromatic heterocycles. The number of rotatable bonds is 5. The van der Waals surface area contributed by atoms with Crippen LogP contribution >= 0.6 is 0 Å². The van der Waals surface area contributed by atoms with Gasteiger partial charge >= 0.3 is 5.97 Å². The minimum Gasteiger partial charge on any atom is -0.465 e. The molecule has 2 amide bonds. The molecule has 0 aliphatic carbocycles. The van der Waals surface area contributed by atoms with Gasteiger partial charge in [-0.1, -0.05) is 0 Å². The molecule has 1 fully saturated rings. The largest absolute Gasteiger partial charge is 0.465 e. The second kappa shape index (κ2) is 8.73. The third-order valence-corrected chi connectivity index (χ3v) is 4.34. The molecule has 0 radical (unpaired) electrons. The molecular weight excluding hydrogens is 346 g/mol. The van der Waals surface area contributed by atoms with Crippen LogP contribution in [0, 0.1) is 17.6 Å². The summed E-state index contributed by atoms with van der Waals surface area (Å²) in [6.45, 7) is 2.41. The molecule has 26 heavy (non-hydrogen) atoms. The second-order valence-electron chi connectivity index (χ2n) is 6.19. The first kappa shape index (κ1) is 19.8. The van der Waals surface area contributed by atoms with E-state index in [1.165, 1.54) is 16.8 Å². The molecule has 0 saturated carbocycles. The fraction of sp³-hybridized carbons (Fsp3) is 0.500. The summed E-state index contributed by atoms with van der Waals surface area (Å²) < 4.78 is 31.5. The van der Waals surface area contributed by atoms with Crippen molar-refractivity contribution in [3.63, 3.8) is 0 Å². The lowest BCUT2D eigenvalue weighted by atomic mass is 9.95. The van der Waals surface area contributed by atoms with E-state index in [1.54, 1.807) is 6.92 Å². The number of hydrogen-bond donors (Lipinski definition) is 0. The van der Waals surface area contributed by atoms with Crippen molar-refractivity contribution >= 4 is 17.8 Å². The van der Waals surface area contributed by atoms with Gasteiger partial charge in [-0.15, -0.1) is 0 Å². The Morgan fingerprint density at radius 1 is 1.23 bits per heavy atom. The Morgan fingerprint density at radius 3 is 2.46 bits per heavy atom. The van der Waals surface area contributed by atoms with E-state index in [0.717, 1.165) is 12.1 Å². The van der Waals surface area contributed by atoms with Gasteiger partial charge in [0.2, 0.25) is 5.91 Å². The van der Waals surface area contributed by atoms with Gasteiger partial charge in [0.1, 0.15) is 18.2 Å². The van der Waals surface area contributed by atoms with Crippen molar-refractivity contribution in [1.82, 2.24) is 9.80 Å². The van der Waals surface area contributed by atoms with Crippen molar-refractivity contribution in [2.75, 3.05) is 33.3 Å². The number of carbonyl (C=O) groups excluding carboxylic acids is 3. The number of halogens is 2. The molecule has 142 valence electrons. The maximum absolute atomic E-state index is 13.8. The molecule has 0 spiro atoms. The molecule has 1 heterocycles. The fourth-order valence-electron chi connectivity index (χ4n) is 2.95. The van der Waals surface area contributed by atoms with Crippen molar-refractivity contribution in [2.24, 2.45) is 5.92 Å². The Bertz CT molecular complexity index is 688. The Kier molecular flexibility index (Phi) is 6.65. The summed E-state index contributed by atoms with van der Waals surface area (Å²) >= 11 is 0. The maximum Gasteiger partial charge on any atom is 0.325 e. The first-order valence-corrected chi connectivity index (χ1v) is 8.48. The molecule has 1 aliphatic rings. The summed E-state index contributed by atoms with van der Waals surface area (Å²) in [7, 11) is 1.53. The van der Waals surface area contributed by atoms with E-state index in [2.05, 4.69) is 0 Å². The number of benzene rings is 1. The van der Waals surface area contributed by atoms with Crippen LogP contribution in [-0.2, 0) is 14.3 Å². The minimum absolute atomic E-state index is 0.118. The van der Waals surface area contributed by atoms with Gasteiger partial charge in [-0.25, -0.2) is 8.78 Å². The van der Waals surface area contributed by atoms with E-state index in [9.17, 15) is 23.2 Å². The van der Waals surface area contributed by atoms with Gasteiger partial charge in [-0.3, -0.25) is 14.4 Å². The zero-order valence-electron chi connectivity index (χ0n) is 14.8. The van der Waals surface area contributed by atoms with Crippen LogP contribution < -0.4 is 0 Å². The predicted octanol–water partition coefficient (Wildman–Crippen LogP) is 1.84. The molecule has 2 rings (SSSR count). The number of piperidine rings is 1. The van der Waals surface area contributed by atoms with Gasteiger partial charge in [0, 0.05) is 32.1 Å². The molecular formula is C18H22F2N2O4. The van der Waals surface area contributed by atoms with Gasteiger partial charge in [0.05, 0.1) is 12.2 Å². The molecule has 0 bridgehead atoms. The van der Waals surface area contributed by atoms with Crippen LogP contribution in [0.5, 0.6) is 0 Å². The lowest BCUT2D eigenvalue weighted by Crippen LogP contribution is -2.44. The third-order valence-electron chi connectivity index (χ3n) is 4.34. The SMILES string of the molecule is CCOC(=O)CN(C)C(=O)C1CCN(C(=O)c2ccc(F)cc2F)CC1. The highest BCUT2D eigenvalue weighted by Gasteiger charge is 2.31. The molecule has 8 heteroatoms. The number of hydrogen-bond acceptors (Lipinski definition) is 4. The van der Waals surface area contributed by atoms with Crippen LogP contribution in [0.25, 0.3) is 0 Å². The number of amides is 2. The fourth-order valence-corrected chi connectivity index (χ4v) is 2.95. The Balaban J connectivity index is 1.91. The van der Waals surface area contributed by atoms with Crippen molar-refractivity contribution in [3.05, 3.63) is 35.4 Å². The highest BCUT2D eigenvalue weighted by Crippen LogP contribution is 2.22. The Hall–Kier alpha value is -2.51. The molecule has 0 N–H and O–H groups in total. The summed E-state index contributed by atoms with van der Waals surface area (Å²) in [6.07, 6.45) is 0.834. The summed E-state index contributed by atoms with van der Waals surface area (Å²) in [6, 6.07) is 2.84. The summed E-state index contributed by atoms with van der Waals surface area (Å²) in [5, 5.41) is 0. The van der Waals surface area contributed by atoms with Gasteiger partial charge < -0.3 is 14.5 Å². The smallest absolute Gasteiger partial charge is 0.325 e. The lowest BCUT2D eigenvalue weighted by molar-refractivity contribution is -0.149. The molecule has 0 unspecified atom stereocenters.